The van der Waals surface area contributed by atoms with Crippen LogP contribution in [0.25, 0.3) is 0 Å². The maximum absolute atomic E-state index is 13.4. The van der Waals surface area contributed by atoms with Crippen LogP contribution in [-0.4, -0.2) is 33.9 Å². The monoisotopic (exact) mass is 360 g/mol. The average molecular weight is 360 g/mol. The lowest BCUT2D eigenvalue weighted by atomic mass is 9.66. The van der Waals surface area contributed by atoms with Crippen LogP contribution in [0.1, 0.15) is 60.6 Å². The topological polar surface area (TPSA) is 81.4 Å². The van der Waals surface area contributed by atoms with Gasteiger partial charge in [0.15, 0.2) is 5.69 Å². The van der Waals surface area contributed by atoms with Crippen molar-refractivity contribution < 1.29 is 32.6 Å². The van der Waals surface area contributed by atoms with Crippen molar-refractivity contribution in [2.45, 2.75) is 50.7 Å². The van der Waals surface area contributed by atoms with Gasteiger partial charge in [-0.2, -0.15) is 18.3 Å². The Bertz CT molecular complexity index is 700. The lowest BCUT2D eigenvalue weighted by molar-refractivity contribution is -0.159. The Kier molecular flexibility index (Phi) is 4.28. The van der Waals surface area contributed by atoms with Crippen LogP contribution in [0.2, 0.25) is 0 Å². The standard InChI is InChI=1S/C16H19F3N2O4/c1-25-14(24)15-6-2-3-9(15)4-5-10(7-15)21-12(16(17,18)19)11(8-20-21)13(22)23/h8-10H,2-7H2,1H3,(H,22,23)/t9-,10+,15-/m0/s1. The maximum Gasteiger partial charge on any atom is 0.433 e. The van der Waals surface area contributed by atoms with E-state index < -0.39 is 34.9 Å². The first-order chi connectivity index (χ1) is 11.7. The summed E-state index contributed by atoms with van der Waals surface area (Å²) < 4.78 is 46.0. The van der Waals surface area contributed by atoms with Gasteiger partial charge in [0.05, 0.1) is 24.8 Å². The van der Waals surface area contributed by atoms with Gasteiger partial charge >= 0.3 is 18.1 Å². The van der Waals surface area contributed by atoms with Crippen LogP contribution >= 0.6 is 0 Å². The molecule has 0 aromatic carbocycles. The number of aromatic carboxylic acids is 1. The Morgan fingerprint density at radius 2 is 2.08 bits per heavy atom. The molecule has 138 valence electrons. The summed E-state index contributed by atoms with van der Waals surface area (Å²) in [4.78, 5) is 23.5. The molecular weight excluding hydrogens is 341 g/mol. The molecule has 25 heavy (non-hydrogen) atoms. The highest BCUT2D eigenvalue weighted by Gasteiger charge is 2.54. The van der Waals surface area contributed by atoms with Crippen LogP contribution in [0.5, 0.6) is 0 Å². The van der Waals surface area contributed by atoms with Crippen molar-refractivity contribution in [3.63, 3.8) is 0 Å². The number of aromatic nitrogens is 2. The summed E-state index contributed by atoms with van der Waals surface area (Å²) in [6.45, 7) is 0. The Morgan fingerprint density at radius 1 is 1.36 bits per heavy atom. The minimum atomic E-state index is -4.84. The van der Waals surface area contributed by atoms with E-state index in [1.807, 2.05) is 0 Å². The largest absolute Gasteiger partial charge is 0.478 e. The summed E-state index contributed by atoms with van der Waals surface area (Å²) in [6.07, 6.45) is -0.632. The van der Waals surface area contributed by atoms with Gasteiger partial charge in [0.1, 0.15) is 5.56 Å². The van der Waals surface area contributed by atoms with Crippen molar-refractivity contribution in [3.05, 3.63) is 17.5 Å². The maximum atomic E-state index is 13.4. The fourth-order valence-electron chi connectivity index (χ4n) is 4.59. The molecule has 2 aliphatic carbocycles. The summed E-state index contributed by atoms with van der Waals surface area (Å²) in [5.41, 5.74) is -2.93. The summed E-state index contributed by atoms with van der Waals surface area (Å²) in [5.74, 6) is -1.96. The Morgan fingerprint density at radius 3 is 2.68 bits per heavy atom. The number of carbonyl (C=O) groups excluding carboxylic acids is 1. The first-order valence-corrected chi connectivity index (χ1v) is 8.17. The molecule has 2 saturated carbocycles. The number of nitrogens with zero attached hydrogens (tertiary/aromatic N) is 2. The molecule has 1 aromatic rings. The molecule has 1 aromatic heterocycles. The van der Waals surface area contributed by atoms with E-state index in [-0.39, 0.29) is 18.3 Å². The predicted octanol–water partition coefficient (Wildman–Crippen LogP) is 3.28. The molecular formula is C16H19F3N2O4. The van der Waals surface area contributed by atoms with Crippen molar-refractivity contribution in [2.75, 3.05) is 7.11 Å². The Labute approximate surface area is 141 Å². The highest BCUT2D eigenvalue weighted by atomic mass is 19.4. The summed E-state index contributed by atoms with van der Waals surface area (Å²) >= 11 is 0. The number of rotatable bonds is 3. The first kappa shape index (κ1) is 17.8. The summed E-state index contributed by atoms with van der Waals surface area (Å²) in [7, 11) is 1.29. The van der Waals surface area contributed by atoms with Gasteiger partial charge in [-0.1, -0.05) is 6.42 Å². The SMILES string of the molecule is COC(=O)[C@]12CCC[C@H]1CC[C@@H](n1ncc(C(=O)O)c1C(F)(F)F)C2. The Balaban J connectivity index is 2.01. The molecule has 0 aliphatic heterocycles. The zero-order chi connectivity index (χ0) is 18.4. The van der Waals surface area contributed by atoms with E-state index in [1.54, 1.807) is 0 Å². The van der Waals surface area contributed by atoms with Crippen molar-refractivity contribution in [3.8, 4) is 0 Å². The molecule has 0 amide bonds. The number of methoxy groups -OCH3 is 1. The number of carboxylic acids is 1. The fourth-order valence-corrected chi connectivity index (χ4v) is 4.59. The number of hydrogen-bond acceptors (Lipinski definition) is 4. The average Bonchev–Trinajstić information content (AvgIpc) is 3.17. The molecule has 2 fully saturated rings. The zero-order valence-corrected chi connectivity index (χ0v) is 13.7. The molecule has 0 radical (unpaired) electrons. The molecule has 9 heteroatoms. The van der Waals surface area contributed by atoms with Crippen LogP contribution < -0.4 is 0 Å². The number of carbonyl (C=O) groups is 2. The number of halogens is 3. The minimum Gasteiger partial charge on any atom is -0.478 e. The van der Waals surface area contributed by atoms with Gasteiger partial charge in [0, 0.05) is 0 Å². The van der Waals surface area contributed by atoms with Gasteiger partial charge in [-0.3, -0.25) is 9.48 Å². The molecule has 1 N–H and O–H groups in total. The second-order valence-electron chi connectivity index (χ2n) is 6.83. The number of esters is 1. The number of hydrogen-bond donors (Lipinski definition) is 1. The third kappa shape index (κ3) is 2.79. The van der Waals surface area contributed by atoms with Crippen molar-refractivity contribution in [1.29, 1.82) is 0 Å². The number of alkyl halides is 3. The lowest BCUT2D eigenvalue weighted by Gasteiger charge is -2.41. The highest BCUT2D eigenvalue weighted by molar-refractivity contribution is 5.88. The molecule has 0 spiro atoms. The van der Waals surface area contributed by atoms with E-state index in [4.69, 9.17) is 9.84 Å². The van der Waals surface area contributed by atoms with Crippen LogP contribution in [0.3, 0.4) is 0 Å². The van der Waals surface area contributed by atoms with Gasteiger partial charge < -0.3 is 9.84 Å². The third-order valence-electron chi connectivity index (χ3n) is 5.64. The van der Waals surface area contributed by atoms with E-state index in [0.717, 1.165) is 23.7 Å². The van der Waals surface area contributed by atoms with Crippen molar-refractivity contribution in [2.24, 2.45) is 11.3 Å². The zero-order valence-electron chi connectivity index (χ0n) is 13.7. The number of carboxylic acid groups (broad SMARTS) is 1. The van der Waals surface area contributed by atoms with E-state index in [9.17, 15) is 22.8 Å². The molecule has 0 unspecified atom stereocenters. The predicted molar refractivity (Wildman–Crippen MR) is 78.9 cm³/mol. The van der Waals surface area contributed by atoms with Gasteiger partial charge in [-0.15, -0.1) is 0 Å². The summed E-state index contributed by atoms with van der Waals surface area (Å²) in [5, 5.41) is 12.8. The molecule has 0 saturated heterocycles. The van der Waals surface area contributed by atoms with Crippen molar-refractivity contribution >= 4 is 11.9 Å². The summed E-state index contributed by atoms with van der Waals surface area (Å²) in [6, 6.07) is -0.682. The van der Waals surface area contributed by atoms with E-state index in [0.29, 0.717) is 19.3 Å². The van der Waals surface area contributed by atoms with Crippen molar-refractivity contribution in [1.82, 2.24) is 9.78 Å². The van der Waals surface area contributed by atoms with Crippen LogP contribution in [0.4, 0.5) is 13.2 Å². The van der Waals surface area contributed by atoms with Crippen LogP contribution in [-0.2, 0) is 15.7 Å². The van der Waals surface area contributed by atoms with Crippen LogP contribution in [0.15, 0.2) is 6.20 Å². The van der Waals surface area contributed by atoms with E-state index >= 15 is 0 Å². The van der Waals surface area contributed by atoms with Gasteiger partial charge in [-0.05, 0) is 38.0 Å². The smallest absolute Gasteiger partial charge is 0.433 e. The van der Waals surface area contributed by atoms with Gasteiger partial charge in [0.2, 0.25) is 0 Å². The van der Waals surface area contributed by atoms with Gasteiger partial charge in [-0.25, -0.2) is 4.79 Å². The third-order valence-corrected chi connectivity index (χ3v) is 5.64. The molecule has 2 aliphatic rings. The highest BCUT2D eigenvalue weighted by Crippen LogP contribution is 2.56. The number of fused-ring (bicyclic) bond motifs is 1. The number of ether oxygens (including phenoxy) is 1. The van der Waals surface area contributed by atoms with E-state index in [2.05, 4.69) is 5.10 Å². The van der Waals surface area contributed by atoms with Crippen LogP contribution in [0, 0.1) is 11.3 Å². The lowest BCUT2D eigenvalue weighted by Crippen LogP contribution is -2.42. The minimum absolute atomic E-state index is 0.0973. The first-order valence-electron chi connectivity index (χ1n) is 8.17. The molecule has 1 heterocycles. The molecule has 6 nitrogen and oxygen atoms in total. The normalized spacial score (nSPS) is 29.3. The molecule has 0 bridgehead atoms. The molecule has 3 rings (SSSR count). The Hall–Kier alpha value is -2.06. The second kappa shape index (κ2) is 6.03. The fraction of sp³-hybridized carbons (Fsp3) is 0.688. The van der Waals surface area contributed by atoms with E-state index in [1.165, 1.54) is 7.11 Å². The molecule has 3 atom stereocenters. The quantitative estimate of drug-likeness (QED) is 0.837. The second-order valence-corrected chi connectivity index (χ2v) is 6.83. The van der Waals surface area contributed by atoms with Gasteiger partial charge in [0.25, 0.3) is 0 Å².